The van der Waals surface area contributed by atoms with Crippen LogP contribution in [0.5, 0.6) is 5.75 Å². The predicted molar refractivity (Wildman–Crippen MR) is 557 cm³/mol. The molecule has 0 amide bonds. The first-order valence-corrected chi connectivity index (χ1v) is 46.9. The standard InChI is InChI=1S/C12H15F3O.3C11H15F.C11H16N2.C10H14ClN.C10H12F3N.C10H14FN.3C10H15N.CH4/c1-8-5-6-9(11(2,3)4)7-10(8)16-12(13,14)15;2*1-8-5-9(11(2,3)4)7-10(12)6-8;1-8-5-6-9(7-10(8)12)11(2,3)4;1-11(2,3)10-7-12-9(6-13-10)8-4-5-8;1-7-5-8(11)9(12-6-7)10(2,3)4;1-9(2,3)8-5-4-7(6-14-8)10(11,12)13;1-7-5-8(11)9(12-6-7)10(2,3)4;1-8-5-6-11-9(7-8)10(2,3)4;1-8-6-5-7-11-9(8)10(2,3)4;1-8-6-5-7-9(11-8)10(2,3)4;/h5-7H,1-4H3;3*5-7H,1-4H3;6-8H,4-5H2,1-3H3;5-6H,1-4H3;4-6H,1-3H3;5-6H,1-4H3;3*5-7H,1-4H3;1H4. The van der Waals surface area contributed by atoms with Crippen LogP contribution in [0.2, 0.25) is 5.02 Å². The Hall–Kier alpha value is -9.75. The molecule has 1 aliphatic carbocycles. The minimum absolute atomic E-state index is 0. The lowest BCUT2D eigenvalue weighted by Gasteiger charge is -2.21. The van der Waals surface area contributed by atoms with E-state index in [9.17, 15) is 43.9 Å². The molecule has 1 aliphatic rings. The van der Waals surface area contributed by atoms with Gasteiger partial charge < -0.3 is 4.74 Å². The number of halogens is 11. The van der Waals surface area contributed by atoms with Crippen molar-refractivity contribution in [3.8, 4) is 5.75 Å². The zero-order valence-corrected chi connectivity index (χ0v) is 90.7. The van der Waals surface area contributed by atoms with Crippen molar-refractivity contribution >= 4 is 11.6 Å². The monoisotopic (exact) mass is 1920 g/mol. The van der Waals surface area contributed by atoms with Crippen molar-refractivity contribution in [3.05, 3.63) is 335 Å². The Morgan fingerprint density at radius 1 is 0.292 bits per heavy atom. The van der Waals surface area contributed by atoms with Crippen LogP contribution in [0.3, 0.4) is 0 Å². The van der Waals surface area contributed by atoms with Gasteiger partial charge in [-0.15, -0.1) is 13.2 Å². The van der Waals surface area contributed by atoms with Crippen LogP contribution in [0.15, 0.2) is 183 Å². The second kappa shape index (κ2) is 51.4. The van der Waals surface area contributed by atoms with Gasteiger partial charge in [0.05, 0.1) is 33.4 Å². The summed E-state index contributed by atoms with van der Waals surface area (Å²) in [6.07, 6.45) is 5.67. The molecule has 0 radical (unpaired) electrons. The SMILES string of the molecule is C.CC(C)(C)c1ccc(C(F)(F)F)cn1.CC(C)(C)c1cnc(C2CC2)cn1.Cc1cc(F)cc(C(C)(C)C)c1.Cc1cc(F)cc(C(C)(C)C)c1.Cc1ccc(C(C)(C)C)cc1F.Cc1ccc(C(C)(C)C)cc1OC(F)(F)F.Cc1cccc(C(C)(C)C)n1.Cc1cccnc1C(C)(C)C.Cc1ccnc(C(C)(C)C)c1.Cc1cnc(C(C)(C)C)c(Cl)c1.Cc1cnc(C(C)(C)C)c(F)c1. The fraction of sp³-hybridized carbons (Fsp3) is 0.504. The molecule has 1 fully saturated rings. The molecule has 0 aliphatic heterocycles. The average Bonchev–Trinajstić information content (AvgIpc) is 1.79. The summed E-state index contributed by atoms with van der Waals surface area (Å²) >= 11 is 6.05. The number of aromatic nitrogens is 8. The van der Waals surface area contributed by atoms with Crippen molar-refractivity contribution < 1.29 is 48.6 Å². The van der Waals surface area contributed by atoms with Crippen LogP contribution >= 0.6 is 11.6 Å². The highest BCUT2D eigenvalue weighted by Gasteiger charge is 2.34. The van der Waals surface area contributed by atoms with Gasteiger partial charge in [-0.25, -0.2) is 17.6 Å². The van der Waals surface area contributed by atoms with E-state index in [-0.39, 0.29) is 96.0 Å². The summed E-state index contributed by atoms with van der Waals surface area (Å²) in [5.74, 6) is -0.00813. The lowest BCUT2D eigenvalue weighted by molar-refractivity contribution is -0.274. The fourth-order valence-electron chi connectivity index (χ4n) is 12.4. The Morgan fingerprint density at radius 2 is 0.730 bits per heavy atom. The van der Waals surface area contributed by atoms with Crippen molar-refractivity contribution in [2.75, 3.05) is 0 Å². The normalized spacial score (nSPS) is 12.4. The predicted octanol–water partition coefficient (Wildman–Crippen LogP) is 35.4. The van der Waals surface area contributed by atoms with E-state index in [2.05, 4.69) is 249 Å². The minimum atomic E-state index is -4.64. The maximum Gasteiger partial charge on any atom is 0.573 e. The molecule has 0 atom stereocenters. The molecule has 0 spiro atoms. The van der Waals surface area contributed by atoms with Crippen molar-refractivity contribution in [3.63, 3.8) is 0 Å². The van der Waals surface area contributed by atoms with E-state index in [0.717, 1.165) is 90.3 Å². The van der Waals surface area contributed by atoms with E-state index < -0.39 is 18.1 Å². The summed E-state index contributed by atoms with van der Waals surface area (Å²) in [6, 6.07) is 41.1. The number of hydrogen-bond acceptors (Lipinski definition) is 9. The molecule has 20 heteroatoms. The summed E-state index contributed by atoms with van der Waals surface area (Å²) in [7, 11) is 0. The molecule has 0 unspecified atom stereocenters. The van der Waals surface area contributed by atoms with Crippen LogP contribution in [-0.2, 0) is 65.7 Å². The number of ether oxygens (including phenoxy) is 1. The lowest BCUT2D eigenvalue weighted by Crippen LogP contribution is -2.19. The van der Waals surface area contributed by atoms with Crippen LogP contribution in [0.4, 0.5) is 43.9 Å². The van der Waals surface area contributed by atoms with E-state index >= 15 is 0 Å². The Morgan fingerprint density at radius 3 is 1.07 bits per heavy atom. The Labute approximate surface area is 824 Å². The quantitative estimate of drug-likeness (QED) is 0.156. The van der Waals surface area contributed by atoms with Crippen molar-refractivity contribution in [1.82, 2.24) is 39.9 Å². The van der Waals surface area contributed by atoms with E-state index in [1.807, 2.05) is 183 Å². The Bertz CT molecular complexity index is 5250. The first kappa shape index (κ1) is 125. The molecule has 7 heterocycles. The number of aryl methyl sites for hydroxylation is 9. The minimum Gasteiger partial charge on any atom is -0.406 e. The largest absolute Gasteiger partial charge is 0.573 e. The first-order valence-electron chi connectivity index (χ1n) is 46.5. The molecule has 4 aromatic carbocycles. The third-order valence-corrected chi connectivity index (χ3v) is 21.2. The summed E-state index contributed by atoms with van der Waals surface area (Å²) < 4.78 is 129. The van der Waals surface area contributed by atoms with E-state index in [1.165, 1.54) is 53.6 Å². The average molecular weight is 1930 g/mol. The maximum absolute atomic E-state index is 13.3. The van der Waals surface area contributed by atoms with Crippen molar-refractivity contribution in [1.29, 1.82) is 0 Å². The van der Waals surface area contributed by atoms with Crippen LogP contribution < -0.4 is 4.74 Å². The Balaban J connectivity index is 0.000000754. The summed E-state index contributed by atoms with van der Waals surface area (Å²) in [6.45, 7) is 85.8. The number of hydrogen-bond donors (Lipinski definition) is 0. The molecule has 7 aromatic heterocycles. The molecule has 0 N–H and O–H groups in total. The maximum atomic E-state index is 13.3. The van der Waals surface area contributed by atoms with Crippen molar-refractivity contribution in [2.24, 2.45) is 0 Å². The smallest absolute Gasteiger partial charge is 0.406 e. The molecule has 0 bridgehead atoms. The van der Waals surface area contributed by atoms with Gasteiger partial charge in [0.25, 0.3) is 0 Å². The number of pyridine rings is 6. The third kappa shape index (κ3) is 48.1. The Kier molecular flexibility index (Phi) is 47.0. The summed E-state index contributed by atoms with van der Waals surface area (Å²) in [5.41, 5.74) is 20.1. The van der Waals surface area contributed by atoms with Gasteiger partial charge in [0.2, 0.25) is 0 Å². The second-order valence-electron chi connectivity index (χ2n) is 46.5. The van der Waals surface area contributed by atoms with Crippen LogP contribution in [0, 0.1) is 85.6 Å². The summed E-state index contributed by atoms with van der Waals surface area (Å²) in [4.78, 5) is 34.2. The zero-order chi connectivity index (χ0) is 105. The molecule has 756 valence electrons. The highest BCUT2D eigenvalue weighted by atomic mass is 35.5. The van der Waals surface area contributed by atoms with E-state index in [1.54, 1.807) is 56.4 Å². The van der Waals surface area contributed by atoms with Gasteiger partial charge in [0.1, 0.15) is 29.0 Å². The topological polar surface area (TPSA) is 112 Å². The van der Waals surface area contributed by atoms with Gasteiger partial charge in [-0.1, -0.05) is 296 Å². The fourth-order valence-corrected chi connectivity index (χ4v) is 12.9. The molecule has 11 aromatic rings. The van der Waals surface area contributed by atoms with Crippen molar-refractivity contribution in [2.45, 2.75) is 389 Å². The number of nitrogens with zero attached hydrogens (tertiary/aromatic N) is 8. The van der Waals surface area contributed by atoms with Gasteiger partial charge in [0, 0.05) is 116 Å². The molecular weight excluding hydrogens is 1760 g/mol. The number of benzene rings is 4. The first-order chi connectivity index (χ1) is 61.4. The molecule has 0 saturated heterocycles. The number of rotatable bonds is 2. The van der Waals surface area contributed by atoms with Gasteiger partial charge in [-0.05, 0) is 255 Å². The van der Waals surface area contributed by atoms with Crippen LogP contribution in [0.1, 0.15) is 378 Å². The lowest BCUT2D eigenvalue weighted by atomic mass is 9.86. The second-order valence-corrected chi connectivity index (χ2v) is 47.0. The highest BCUT2D eigenvalue weighted by molar-refractivity contribution is 6.31. The molecular formula is C117H165ClF10N8O. The van der Waals surface area contributed by atoms with E-state index in [4.69, 9.17) is 11.6 Å². The molecule has 1 saturated carbocycles. The van der Waals surface area contributed by atoms with Gasteiger partial charge in [0.15, 0.2) is 0 Å². The van der Waals surface area contributed by atoms with Gasteiger partial charge >= 0.3 is 12.5 Å². The highest BCUT2D eigenvalue weighted by Crippen LogP contribution is 2.40. The van der Waals surface area contributed by atoms with Crippen LogP contribution in [-0.4, -0.2) is 46.2 Å². The summed E-state index contributed by atoms with van der Waals surface area (Å²) in [5, 5.41) is 0.766. The molecule has 137 heavy (non-hydrogen) atoms. The van der Waals surface area contributed by atoms with Gasteiger partial charge in [-0.3, -0.25) is 39.9 Å². The molecule has 12 rings (SSSR count). The van der Waals surface area contributed by atoms with E-state index in [0.29, 0.717) is 28.4 Å². The zero-order valence-electron chi connectivity index (χ0n) is 90.0. The van der Waals surface area contributed by atoms with Gasteiger partial charge in [-0.2, -0.15) is 13.2 Å². The van der Waals surface area contributed by atoms with Crippen LogP contribution in [0.25, 0.3) is 0 Å². The third-order valence-electron chi connectivity index (χ3n) is 20.9. The number of alkyl halides is 6. The molecule has 9 nitrogen and oxygen atoms in total.